The van der Waals surface area contributed by atoms with Crippen molar-refractivity contribution in [2.24, 2.45) is 5.92 Å². The van der Waals surface area contributed by atoms with E-state index in [9.17, 15) is 9.59 Å². The SMILES string of the molecule is CC(=O)N1CCN(C(=O)NCCC(C)C)CC1. The molecule has 0 radical (unpaired) electrons. The van der Waals surface area contributed by atoms with Crippen molar-refractivity contribution in [3.63, 3.8) is 0 Å². The van der Waals surface area contributed by atoms with Gasteiger partial charge in [0.1, 0.15) is 0 Å². The van der Waals surface area contributed by atoms with E-state index in [4.69, 9.17) is 0 Å². The van der Waals surface area contributed by atoms with Crippen molar-refractivity contribution in [1.29, 1.82) is 0 Å². The second-order valence-electron chi connectivity index (χ2n) is 4.91. The van der Waals surface area contributed by atoms with Crippen molar-refractivity contribution in [2.45, 2.75) is 27.2 Å². The predicted octanol–water partition coefficient (Wildman–Crippen LogP) is 0.906. The van der Waals surface area contributed by atoms with Crippen LogP contribution in [0.3, 0.4) is 0 Å². The highest BCUT2D eigenvalue weighted by atomic mass is 16.2. The summed E-state index contributed by atoms with van der Waals surface area (Å²) in [6.07, 6.45) is 0.999. The third-order valence-electron chi connectivity index (χ3n) is 3.01. The number of carbonyl (C=O) groups is 2. The Morgan fingerprint density at radius 2 is 1.65 bits per heavy atom. The lowest BCUT2D eigenvalue weighted by atomic mass is 10.1. The van der Waals surface area contributed by atoms with E-state index in [1.54, 1.807) is 16.7 Å². The first-order valence-electron chi connectivity index (χ1n) is 6.29. The monoisotopic (exact) mass is 241 g/mol. The normalized spacial score (nSPS) is 16.2. The zero-order chi connectivity index (χ0) is 12.8. The molecule has 3 amide bonds. The zero-order valence-electron chi connectivity index (χ0n) is 11.0. The second kappa shape index (κ2) is 6.47. The van der Waals surface area contributed by atoms with Crippen LogP contribution in [0.25, 0.3) is 0 Å². The Kier molecular flexibility index (Phi) is 5.25. The molecule has 0 aromatic heterocycles. The Labute approximate surface area is 103 Å². The van der Waals surface area contributed by atoms with Gasteiger partial charge in [0.2, 0.25) is 5.91 Å². The molecule has 1 aliphatic heterocycles. The maximum atomic E-state index is 11.8. The Bertz CT molecular complexity index is 271. The second-order valence-corrected chi connectivity index (χ2v) is 4.91. The van der Waals surface area contributed by atoms with Crippen LogP contribution >= 0.6 is 0 Å². The average molecular weight is 241 g/mol. The van der Waals surface area contributed by atoms with E-state index in [2.05, 4.69) is 19.2 Å². The minimum atomic E-state index is -0.00569. The van der Waals surface area contributed by atoms with Crippen LogP contribution in [-0.4, -0.2) is 54.5 Å². The molecule has 5 nitrogen and oxygen atoms in total. The molecular formula is C12H23N3O2. The van der Waals surface area contributed by atoms with Crippen LogP contribution in [0, 0.1) is 5.92 Å². The molecule has 1 aliphatic rings. The summed E-state index contributed by atoms with van der Waals surface area (Å²) in [7, 11) is 0. The molecule has 0 bridgehead atoms. The third-order valence-corrected chi connectivity index (χ3v) is 3.01. The maximum Gasteiger partial charge on any atom is 0.317 e. The predicted molar refractivity (Wildman–Crippen MR) is 66.7 cm³/mol. The number of hydrogen-bond acceptors (Lipinski definition) is 2. The molecule has 1 fully saturated rings. The lowest BCUT2D eigenvalue weighted by Gasteiger charge is -2.34. The van der Waals surface area contributed by atoms with Crippen LogP contribution in [0.15, 0.2) is 0 Å². The first-order valence-corrected chi connectivity index (χ1v) is 6.29. The fourth-order valence-corrected chi connectivity index (χ4v) is 1.80. The third kappa shape index (κ3) is 4.63. The van der Waals surface area contributed by atoms with Crippen LogP contribution in [0.5, 0.6) is 0 Å². The van der Waals surface area contributed by atoms with E-state index in [-0.39, 0.29) is 11.9 Å². The topological polar surface area (TPSA) is 52.7 Å². The molecule has 0 aliphatic carbocycles. The largest absolute Gasteiger partial charge is 0.339 e. The average Bonchev–Trinajstić information content (AvgIpc) is 2.28. The van der Waals surface area contributed by atoms with Gasteiger partial charge in [-0.1, -0.05) is 13.8 Å². The number of rotatable bonds is 3. The van der Waals surface area contributed by atoms with Crippen molar-refractivity contribution < 1.29 is 9.59 Å². The number of carbonyl (C=O) groups excluding carboxylic acids is 2. The summed E-state index contributed by atoms with van der Waals surface area (Å²) in [6.45, 7) is 9.12. The number of nitrogens with one attached hydrogen (secondary N) is 1. The van der Waals surface area contributed by atoms with Gasteiger partial charge in [-0.05, 0) is 12.3 Å². The van der Waals surface area contributed by atoms with E-state index >= 15 is 0 Å². The molecule has 0 saturated carbocycles. The molecule has 0 aromatic carbocycles. The number of amides is 3. The van der Waals surface area contributed by atoms with Crippen LogP contribution in [0.2, 0.25) is 0 Å². The van der Waals surface area contributed by atoms with Crippen molar-refractivity contribution in [2.75, 3.05) is 32.7 Å². The first kappa shape index (κ1) is 13.8. The van der Waals surface area contributed by atoms with Crippen LogP contribution in [-0.2, 0) is 4.79 Å². The van der Waals surface area contributed by atoms with Gasteiger partial charge in [0.25, 0.3) is 0 Å². The van der Waals surface area contributed by atoms with E-state index in [0.29, 0.717) is 32.1 Å². The first-order chi connectivity index (χ1) is 8.00. The Morgan fingerprint density at radius 1 is 1.12 bits per heavy atom. The van der Waals surface area contributed by atoms with Crippen molar-refractivity contribution in [3.05, 3.63) is 0 Å². The van der Waals surface area contributed by atoms with Gasteiger partial charge in [0.15, 0.2) is 0 Å². The quantitative estimate of drug-likeness (QED) is 0.798. The smallest absolute Gasteiger partial charge is 0.317 e. The molecule has 1 N–H and O–H groups in total. The van der Waals surface area contributed by atoms with E-state index in [0.717, 1.165) is 13.0 Å². The minimum absolute atomic E-state index is 0.00569. The Morgan fingerprint density at radius 3 is 2.12 bits per heavy atom. The number of hydrogen-bond donors (Lipinski definition) is 1. The fourth-order valence-electron chi connectivity index (χ4n) is 1.80. The van der Waals surface area contributed by atoms with Gasteiger partial charge < -0.3 is 15.1 Å². The molecule has 1 rings (SSSR count). The molecule has 0 aromatic rings. The standard InChI is InChI=1S/C12H23N3O2/c1-10(2)4-5-13-12(17)15-8-6-14(7-9-15)11(3)16/h10H,4-9H2,1-3H3,(H,13,17). The van der Waals surface area contributed by atoms with Gasteiger partial charge in [-0.15, -0.1) is 0 Å². The van der Waals surface area contributed by atoms with E-state index in [1.807, 2.05) is 0 Å². The summed E-state index contributed by atoms with van der Waals surface area (Å²) < 4.78 is 0. The number of urea groups is 1. The summed E-state index contributed by atoms with van der Waals surface area (Å²) in [5, 5.41) is 2.91. The molecule has 98 valence electrons. The van der Waals surface area contributed by atoms with Gasteiger partial charge in [-0.2, -0.15) is 0 Å². The highest BCUT2D eigenvalue weighted by molar-refractivity contribution is 5.76. The number of piperazine rings is 1. The van der Waals surface area contributed by atoms with Gasteiger partial charge in [0.05, 0.1) is 0 Å². The van der Waals surface area contributed by atoms with E-state index in [1.165, 1.54) is 0 Å². The van der Waals surface area contributed by atoms with Crippen molar-refractivity contribution in [3.8, 4) is 0 Å². The molecule has 1 saturated heterocycles. The van der Waals surface area contributed by atoms with Crippen molar-refractivity contribution in [1.82, 2.24) is 15.1 Å². The number of nitrogens with zero attached hydrogens (tertiary/aromatic N) is 2. The van der Waals surface area contributed by atoms with Crippen LogP contribution in [0.1, 0.15) is 27.2 Å². The summed E-state index contributed by atoms with van der Waals surface area (Å²) in [5.41, 5.74) is 0. The molecule has 1 heterocycles. The summed E-state index contributed by atoms with van der Waals surface area (Å²) in [6, 6.07) is -0.00569. The van der Waals surface area contributed by atoms with Crippen LogP contribution in [0.4, 0.5) is 4.79 Å². The lowest BCUT2D eigenvalue weighted by Crippen LogP contribution is -2.52. The molecule has 17 heavy (non-hydrogen) atoms. The summed E-state index contributed by atoms with van der Waals surface area (Å²) >= 11 is 0. The molecule has 5 heteroatoms. The molecule has 0 unspecified atom stereocenters. The lowest BCUT2D eigenvalue weighted by molar-refractivity contribution is -0.130. The molecular weight excluding hydrogens is 218 g/mol. The van der Waals surface area contributed by atoms with Gasteiger partial charge in [-0.3, -0.25) is 4.79 Å². The van der Waals surface area contributed by atoms with Crippen LogP contribution < -0.4 is 5.32 Å². The summed E-state index contributed by atoms with van der Waals surface area (Å²) in [4.78, 5) is 26.4. The molecule has 0 atom stereocenters. The fraction of sp³-hybridized carbons (Fsp3) is 0.833. The van der Waals surface area contributed by atoms with Crippen molar-refractivity contribution >= 4 is 11.9 Å². The highest BCUT2D eigenvalue weighted by Crippen LogP contribution is 2.03. The summed E-state index contributed by atoms with van der Waals surface area (Å²) in [5.74, 6) is 0.690. The highest BCUT2D eigenvalue weighted by Gasteiger charge is 2.21. The van der Waals surface area contributed by atoms with Gasteiger partial charge in [0, 0.05) is 39.6 Å². The maximum absolute atomic E-state index is 11.8. The van der Waals surface area contributed by atoms with Gasteiger partial charge in [-0.25, -0.2) is 4.79 Å². The Balaban J connectivity index is 2.24. The zero-order valence-corrected chi connectivity index (χ0v) is 11.0. The van der Waals surface area contributed by atoms with Gasteiger partial charge >= 0.3 is 6.03 Å². The minimum Gasteiger partial charge on any atom is -0.339 e. The van der Waals surface area contributed by atoms with E-state index < -0.39 is 0 Å². The Hall–Kier alpha value is -1.26. The molecule has 0 spiro atoms.